The molecule has 0 spiro atoms. The van der Waals surface area contributed by atoms with Gasteiger partial charge in [0.25, 0.3) is 0 Å². The number of aromatic amines is 1. The van der Waals surface area contributed by atoms with E-state index in [9.17, 15) is 0 Å². The van der Waals surface area contributed by atoms with Crippen LogP contribution < -0.4 is 5.73 Å². The molecule has 5 heteroatoms. The number of aromatic nitrogens is 2. The van der Waals surface area contributed by atoms with E-state index < -0.39 is 0 Å². The predicted molar refractivity (Wildman–Crippen MR) is 59.7 cm³/mol. The number of hydrogen-bond donors (Lipinski definition) is 3. The number of H-pyrrole nitrogens is 1. The highest BCUT2D eigenvalue weighted by molar-refractivity contribution is 6.34. The summed E-state index contributed by atoms with van der Waals surface area (Å²) >= 11 is 5.92. The van der Waals surface area contributed by atoms with Crippen LogP contribution in [0, 0.1) is 0 Å². The van der Waals surface area contributed by atoms with E-state index >= 15 is 0 Å². The molecule has 0 saturated heterocycles. The maximum atomic E-state index is 8.80. The van der Waals surface area contributed by atoms with E-state index in [1.54, 1.807) is 0 Å². The third-order valence-electron chi connectivity index (χ3n) is 2.40. The van der Waals surface area contributed by atoms with Crippen molar-refractivity contribution in [3.05, 3.63) is 28.9 Å². The van der Waals surface area contributed by atoms with Crippen molar-refractivity contribution in [1.29, 1.82) is 0 Å². The zero-order valence-electron chi connectivity index (χ0n) is 8.07. The van der Waals surface area contributed by atoms with Gasteiger partial charge in [-0.3, -0.25) is 5.10 Å². The molecule has 15 heavy (non-hydrogen) atoms. The molecule has 1 unspecified atom stereocenters. The van der Waals surface area contributed by atoms with Crippen LogP contribution in [0.1, 0.15) is 18.0 Å². The molecule has 0 bridgehead atoms. The Morgan fingerprint density at radius 3 is 3.07 bits per heavy atom. The van der Waals surface area contributed by atoms with Crippen LogP contribution >= 0.6 is 11.6 Å². The van der Waals surface area contributed by atoms with Crippen LogP contribution in [0.4, 0.5) is 0 Å². The molecule has 80 valence electrons. The second-order valence-electron chi connectivity index (χ2n) is 3.43. The smallest absolute Gasteiger partial charge is 0.132 e. The number of fused-ring (bicyclic) bond motifs is 1. The van der Waals surface area contributed by atoms with Gasteiger partial charge >= 0.3 is 0 Å². The van der Waals surface area contributed by atoms with Gasteiger partial charge in [-0.05, 0) is 24.1 Å². The van der Waals surface area contributed by atoms with Crippen molar-refractivity contribution >= 4 is 22.5 Å². The number of aliphatic hydroxyl groups is 1. The summed E-state index contributed by atoms with van der Waals surface area (Å²) in [5.41, 5.74) is 7.66. The number of benzene rings is 1. The number of nitrogens with one attached hydrogen (secondary N) is 1. The molecular formula is C10H12ClN3O. The molecule has 1 heterocycles. The summed E-state index contributed by atoms with van der Waals surface area (Å²) in [7, 11) is 0. The zero-order chi connectivity index (χ0) is 10.8. The molecule has 0 saturated carbocycles. The van der Waals surface area contributed by atoms with Crippen LogP contribution in [0.5, 0.6) is 0 Å². The highest BCUT2D eigenvalue weighted by Gasteiger charge is 2.08. The molecule has 1 atom stereocenters. The maximum absolute atomic E-state index is 8.80. The highest BCUT2D eigenvalue weighted by atomic mass is 35.5. The van der Waals surface area contributed by atoms with E-state index in [-0.39, 0.29) is 12.6 Å². The lowest BCUT2D eigenvalue weighted by Crippen LogP contribution is -2.11. The Kier molecular flexibility index (Phi) is 2.90. The molecule has 2 aromatic rings. The molecule has 2 rings (SSSR count). The lowest BCUT2D eigenvalue weighted by molar-refractivity contribution is 0.276. The van der Waals surface area contributed by atoms with Gasteiger partial charge in [0.2, 0.25) is 0 Å². The molecular weight excluding hydrogens is 214 g/mol. The second kappa shape index (κ2) is 4.18. The Morgan fingerprint density at radius 1 is 1.53 bits per heavy atom. The van der Waals surface area contributed by atoms with Crippen molar-refractivity contribution in [2.75, 3.05) is 6.61 Å². The van der Waals surface area contributed by atoms with Gasteiger partial charge in [-0.15, -0.1) is 0 Å². The molecule has 4 nitrogen and oxygen atoms in total. The Labute approximate surface area is 92.0 Å². The van der Waals surface area contributed by atoms with Crippen molar-refractivity contribution in [3.63, 3.8) is 0 Å². The van der Waals surface area contributed by atoms with Crippen LogP contribution in [0.15, 0.2) is 18.2 Å². The van der Waals surface area contributed by atoms with Gasteiger partial charge in [0, 0.05) is 18.0 Å². The van der Waals surface area contributed by atoms with Gasteiger partial charge in [-0.1, -0.05) is 17.7 Å². The van der Waals surface area contributed by atoms with E-state index in [4.69, 9.17) is 22.4 Å². The number of halogens is 1. The Balaban J connectivity index is 2.41. The average Bonchev–Trinajstić information content (AvgIpc) is 2.60. The van der Waals surface area contributed by atoms with Gasteiger partial charge in [0.05, 0.1) is 5.52 Å². The fourth-order valence-corrected chi connectivity index (χ4v) is 1.73. The van der Waals surface area contributed by atoms with Gasteiger partial charge in [-0.25, -0.2) is 0 Å². The minimum atomic E-state index is -0.162. The Hall–Kier alpha value is -1.10. The summed E-state index contributed by atoms with van der Waals surface area (Å²) in [5.74, 6) is 0. The standard InChI is InChI=1S/C10H12ClN3O/c11-10-7-5-6(8(12)3-4-15)1-2-9(7)13-14-10/h1-2,5,8,15H,3-4,12H2,(H,13,14). The first-order chi connectivity index (χ1) is 7.22. The van der Waals surface area contributed by atoms with Gasteiger partial charge in [0.15, 0.2) is 0 Å². The van der Waals surface area contributed by atoms with E-state index in [0.29, 0.717) is 11.6 Å². The summed E-state index contributed by atoms with van der Waals surface area (Å²) in [4.78, 5) is 0. The third kappa shape index (κ3) is 1.97. The third-order valence-corrected chi connectivity index (χ3v) is 2.69. The van der Waals surface area contributed by atoms with Crippen molar-refractivity contribution in [1.82, 2.24) is 10.2 Å². The molecule has 1 aromatic heterocycles. The predicted octanol–water partition coefficient (Wildman–Crippen LogP) is 1.60. The lowest BCUT2D eigenvalue weighted by atomic mass is 10.0. The SMILES string of the molecule is NC(CCO)c1ccc2n[nH]c(Cl)c2c1. The molecule has 4 N–H and O–H groups in total. The van der Waals surface area contributed by atoms with E-state index in [2.05, 4.69) is 10.2 Å². The fraction of sp³-hybridized carbons (Fsp3) is 0.300. The summed E-state index contributed by atoms with van der Waals surface area (Å²) < 4.78 is 0. The largest absolute Gasteiger partial charge is 0.396 e. The molecule has 0 aliphatic heterocycles. The first kappa shape index (κ1) is 10.4. The molecule has 0 aliphatic rings. The Bertz CT molecular complexity index is 469. The normalized spacial score (nSPS) is 13.3. The van der Waals surface area contributed by atoms with Crippen molar-refractivity contribution < 1.29 is 5.11 Å². The van der Waals surface area contributed by atoms with Gasteiger partial charge < -0.3 is 10.8 Å². The van der Waals surface area contributed by atoms with Crippen molar-refractivity contribution in [2.45, 2.75) is 12.5 Å². The lowest BCUT2D eigenvalue weighted by Gasteiger charge is -2.09. The average molecular weight is 226 g/mol. The van der Waals surface area contributed by atoms with E-state index in [0.717, 1.165) is 16.5 Å². The minimum Gasteiger partial charge on any atom is -0.396 e. The van der Waals surface area contributed by atoms with Crippen LogP contribution in [0.3, 0.4) is 0 Å². The van der Waals surface area contributed by atoms with Crippen molar-refractivity contribution in [2.24, 2.45) is 5.73 Å². The fourth-order valence-electron chi connectivity index (χ4n) is 1.53. The summed E-state index contributed by atoms with van der Waals surface area (Å²) in [6, 6.07) is 5.51. The first-order valence-electron chi connectivity index (χ1n) is 4.72. The van der Waals surface area contributed by atoms with Crippen LogP contribution in [0.25, 0.3) is 10.9 Å². The van der Waals surface area contributed by atoms with Crippen LogP contribution in [0.2, 0.25) is 5.15 Å². The summed E-state index contributed by atoms with van der Waals surface area (Å²) in [6.07, 6.45) is 0.543. The van der Waals surface area contributed by atoms with E-state index in [1.807, 2.05) is 18.2 Å². The topological polar surface area (TPSA) is 74.9 Å². The molecule has 1 aromatic carbocycles. The van der Waals surface area contributed by atoms with E-state index in [1.165, 1.54) is 0 Å². The quantitative estimate of drug-likeness (QED) is 0.743. The van der Waals surface area contributed by atoms with Crippen molar-refractivity contribution in [3.8, 4) is 0 Å². The minimum absolute atomic E-state index is 0.0817. The van der Waals surface area contributed by atoms with Crippen LogP contribution in [-0.4, -0.2) is 21.9 Å². The molecule has 0 radical (unpaired) electrons. The molecule has 0 amide bonds. The van der Waals surface area contributed by atoms with Crippen LogP contribution in [-0.2, 0) is 0 Å². The highest BCUT2D eigenvalue weighted by Crippen LogP contribution is 2.24. The second-order valence-corrected chi connectivity index (χ2v) is 3.81. The molecule has 0 aliphatic carbocycles. The monoisotopic (exact) mass is 225 g/mol. The van der Waals surface area contributed by atoms with Gasteiger partial charge in [-0.2, -0.15) is 5.10 Å². The number of aliphatic hydroxyl groups excluding tert-OH is 1. The number of hydrogen-bond acceptors (Lipinski definition) is 3. The number of nitrogens with zero attached hydrogens (tertiary/aromatic N) is 1. The molecule has 0 fully saturated rings. The number of nitrogens with two attached hydrogens (primary N) is 1. The zero-order valence-corrected chi connectivity index (χ0v) is 8.83. The maximum Gasteiger partial charge on any atom is 0.132 e. The van der Waals surface area contributed by atoms with Gasteiger partial charge in [0.1, 0.15) is 5.15 Å². The Morgan fingerprint density at radius 2 is 2.33 bits per heavy atom. The summed E-state index contributed by atoms with van der Waals surface area (Å²) in [5, 5.41) is 16.9. The number of rotatable bonds is 3. The summed E-state index contributed by atoms with van der Waals surface area (Å²) in [6.45, 7) is 0.0817. The first-order valence-corrected chi connectivity index (χ1v) is 5.10.